The Morgan fingerprint density at radius 1 is 1.08 bits per heavy atom. The monoisotopic (exact) mass is 364 g/mol. The fraction of sp³-hybridized carbons (Fsp3) is 0.176. The molecule has 0 bridgehead atoms. The molecule has 3 aromatic rings. The van der Waals surface area contributed by atoms with Crippen LogP contribution in [0.5, 0.6) is 0 Å². The minimum atomic E-state index is -3.69. The minimum absolute atomic E-state index is 0.156. The van der Waals surface area contributed by atoms with E-state index in [4.69, 9.17) is 16.0 Å². The molecule has 2 heterocycles. The summed E-state index contributed by atoms with van der Waals surface area (Å²) in [6.45, 7) is 0.401. The summed E-state index contributed by atoms with van der Waals surface area (Å²) in [7, 11) is -1.80. The molecule has 0 radical (unpaired) electrons. The third-order valence-corrected chi connectivity index (χ3v) is 5.81. The summed E-state index contributed by atoms with van der Waals surface area (Å²) in [4.78, 5) is 0.202. The Kier molecular flexibility index (Phi) is 4.80. The summed E-state index contributed by atoms with van der Waals surface area (Å²) in [5.74, 6) is 0.585. The predicted molar refractivity (Wildman–Crippen MR) is 92.0 cm³/mol. The molecular weight excluding hydrogens is 348 g/mol. The number of hydrogen-bond acceptors (Lipinski definition) is 3. The van der Waals surface area contributed by atoms with Crippen molar-refractivity contribution in [3.8, 4) is 0 Å². The standard InChI is InChI=1S/C17H17ClN2O3S/c1-19-10-2-4-15(19)12-20(13-16-5-3-11-23-16)24(21,22)17-8-6-14(18)7-9-17/h2-11H,12-13H2,1H3. The van der Waals surface area contributed by atoms with Crippen LogP contribution in [-0.2, 0) is 30.2 Å². The molecule has 0 atom stereocenters. The SMILES string of the molecule is Cn1cccc1CN(Cc1ccco1)S(=O)(=O)c1ccc(Cl)cc1. The van der Waals surface area contributed by atoms with Crippen molar-refractivity contribution in [2.75, 3.05) is 0 Å². The Balaban J connectivity index is 1.96. The van der Waals surface area contributed by atoms with E-state index < -0.39 is 10.0 Å². The van der Waals surface area contributed by atoms with E-state index >= 15 is 0 Å². The van der Waals surface area contributed by atoms with Crippen molar-refractivity contribution in [1.29, 1.82) is 0 Å². The van der Waals surface area contributed by atoms with Crippen molar-refractivity contribution in [2.45, 2.75) is 18.0 Å². The molecule has 0 spiro atoms. The lowest BCUT2D eigenvalue weighted by Gasteiger charge is -2.21. The number of aryl methyl sites for hydroxylation is 1. The normalized spacial score (nSPS) is 12.0. The molecule has 7 heteroatoms. The first-order valence-electron chi connectivity index (χ1n) is 7.35. The summed E-state index contributed by atoms with van der Waals surface area (Å²) >= 11 is 5.87. The minimum Gasteiger partial charge on any atom is -0.468 e. The number of sulfonamides is 1. The summed E-state index contributed by atoms with van der Waals surface area (Å²) < 4.78 is 34.7. The molecular formula is C17H17ClN2O3S. The largest absolute Gasteiger partial charge is 0.468 e. The molecule has 3 rings (SSSR count). The van der Waals surface area contributed by atoms with Crippen LogP contribution in [-0.4, -0.2) is 17.3 Å². The van der Waals surface area contributed by atoms with Crippen LogP contribution in [0.2, 0.25) is 5.02 Å². The fourth-order valence-corrected chi connectivity index (χ4v) is 3.90. The molecule has 1 aromatic carbocycles. The van der Waals surface area contributed by atoms with Crippen molar-refractivity contribution in [3.63, 3.8) is 0 Å². The third kappa shape index (κ3) is 3.56. The summed E-state index contributed by atoms with van der Waals surface area (Å²) in [6.07, 6.45) is 3.42. The number of benzene rings is 1. The second-order valence-electron chi connectivity index (χ2n) is 5.42. The molecule has 0 aliphatic carbocycles. The average molecular weight is 365 g/mol. The fourth-order valence-electron chi connectivity index (χ4n) is 2.40. The third-order valence-electron chi connectivity index (χ3n) is 3.75. The number of hydrogen-bond donors (Lipinski definition) is 0. The zero-order chi connectivity index (χ0) is 17.2. The quantitative estimate of drug-likeness (QED) is 0.670. The van der Waals surface area contributed by atoms with E-state index in [9.17, 15) is 8.42 Å². The van der Waals surface area contributed by atoms with E-state index in [1.54, 1.807) is 24.3 Å². The summed E-state index contributed by atoms with van der Waals surface area (Å²) in [5, 5.41) is 0.494. The molecule has 24 heavy (non-hydrogen) atoms. The smallest absolute Gasteiger partial charge is 0.243 e. The van der Waals surface area contributed by atoms with Gasteiger partial charge in [0, 0.05) is 24.0 Å². The van der Waals surface area contributed by atoms with Gasteiger partial charge in [-0.15, -0.1) is 0 Å². The van der Waals surface area contributed by atoms with Crippen LogP contribution in [0.15, 0.2) is 70.3 Å². The molecule has 5 nitrogen and oxygen atoms in total. The van der Waals surface area contributed by atoms with Crippen molar-refractivity contribution in [1.82, 2.24) is 8.87 Å². The van der Waals surface area contributed by atoms with Gasteiger partial charge < -0.3 is 8.98 Å². The first-order chi connectivity index (χ1) is 11.5. The molecule has 0 saturated carbocycles. The van der Waals surface area contributed by atoms with Crippen molar-refractivity contribution in [3.05, 3.63) is 77.5 Å². The molecule has 0 unspecified atom stereocenters. The lowest BCUT2D eigenvalue weighted by molar-refractivity contribution is 0.353. The highest BCUT2D eigenvalue weighted by molar-refractivity contribution is 7.89. The van der Waals surface area contributed by atoms with Gasteiger partial charge in [0.25, 0.3) is 0 Å². The van der Waals surface area contributed by atoms with E-state index in [0.717, 1.165) is 5.69 Å². The Morgan fingerprint density at radius 2 is 1.83 bits per heavy atom. The van der Waals surface area contributed by atoms with Crippen LogP contribution in [0.25, 0.3) is 0 Å². The molecule has 0 aliphatic heterocycles. The van der Waals surface area contributed by atoms with Gasteiger partial charge in [-0.05, 0) is 48.5 Å². The number of nitrogens with zero attached hydrogens (tertiary/aromatic N) is 2. The Hall–Kier alpha value is -2.02. The van der Waals surface area contributed by atoms with E-state index in [1.165, 1.54) is 22.7 Å². The van der Waals surface area contributed by atoms with Crippen LogP contribution in [0, 0.1) is 0 Å². The first kappa shape index (κ1) is 16.8. The molecule has 0 fully saturated rings. The zero-order valence-electron chi connectivity index (χ0n) is 13.1. The first-order valence-corrected chi connectivity index (χ1v) is 9.17. The maximum atomic E-state index is 13.0. The maximum absolute atomic E-state index is 13.0. The van der Waals surface area contributed by atoms with Gasteiger partial charge in [0.1, 0.15) is 5.76 Å². The number of halogens is 1. The summed E-state index contributed by atoms with van der Waals surface area (Å²) in [5.41, 5.74) is 0.888. The molecule has 2 aromatic heterocycles. The summed E-state index contributed by atoms with van der Waals surface area (Å²) in [6, 6.07) is 13.4. The lowest BCUT2D eigenvalue weighted by Crippen LogP contribution is -2.30. The number of furan rings is 1. The molecule has 0 aliphatic rings. The van der Waals surface area contributed by atoms with Crippen LogP contribution in [0.3, 0.4) is 0 Å². The van der Waals surface area contributed by atoms with Crippen LogP contribution in [0.1, 0.15) is 11.5 Å². The van der Waals surface area contributed by atoms with Gasteiger partial charge in [0.05, 0.1) is 24.2 Å². The Labute approximate surface area is 146 Å². The predicted octanol–water partition coefficient (Wildman–Crippen LogP) is 3.66. The van der Waals surface area contributed by atoms with Crippen molar-refractivity contribution >= 4 is 21.6 Å². The molecule has 0 N–H and O–H groups in total. The Bertz CT molecular complexity index is 900. The highest BCUT2D eigenvalue weighted by Crippen LogP contribution is 2.22. The average Bonchev–Trinajstić information content (AvgIpc) is 3.19. The Morgan fingerprint density at radius 3 is 2.42 bits per heavy atom. The molecule has 126 valence electrons. The lowest BCUT2D eigenvalue weighted by atomic mass is 10.4. The van der Waals surface area contributed by atoms with Crippen molar-refractivity contribution < 1.29 is 12.8 Å². The highest BCUT2D eigenvalue weighted by atomic mass is 35.5. The van der Waals surface area contributed by atoms with E-state index in [2.05, 4.69) is 0 Å². The van der Waals surface area contributed by atoms with Gasteiger partial charge in [0.15, 0.2) is 0 Å². The number of aromatic nitrogens is 1. The van der Waals surface area contributed by atoms with Gasteiger partial charge in [0.2, 0.25) is 10.0 Å². The topological polar surface area (TPSA) is 55.5 Å². The van der Waals surface area contributed by atoms with Crippen LogP contribution >= 0.6 is 11.6 Å². The highest BCUT2D eigenvalue weighted by Gasteiger charge is 2.26. The van der Waals surface area contributed by atoms with Gasteiger partial charge in [-0.2, -0.15) is 4.31 Å². The van der Waals surface area contributed by atoms with Crippen LogP contribution in [0.4, 0.5) is 0 Å². The van der Waals surface area contributed by atoms with Crippen molar-refractivity contribution in [2.24, 2.45) is 7.05 Å². The van der Waals surface area contributed by atoms with E-state index in [1.807, 2.05) is 29.9 Å². The van der Waals surface area contributed by atoms with Gasteiger partial charge in [-0.25, -0.2) is 8.42 Å². The molecule has 0 saturated heterocycles. The zero-order valence-corrected chi connectivity index (χ0v) is 14.7. The second-order valence-corrected chi connectivity index (χ2v) is 7.79. The van der Waals surface area contributed by atoms with Gasteiger partial charge in [-0.3, -0.25) is 0 Å². The van der Waals surface area contributed by atoms with E-state index in [-0.39, 0.29) is 18.0 Å². The van der Waals surface area contributed by atoms with E-state index in [0.29, 0.717) is 10.8 Å². The van der Waals surface area contributed by atoms with Gasteiger partial charge >= 0.3 is 0 Å². The maximum Gasteiger partial charge on any atom is 0.243 e. The molecule has 0 amide bonds. The number of rotatable bonds is 6. The van der Waals surface area contributed by atoms with Crippen LogP contribution < -0.4 is 0 Å². The second kappa shape index (κ2) is 6.84. The van der Waals surface area contributed by atoms with Gasteiger partial charge in [-0.1, -0.05) is 11.6 Å².